The predicted molar refractivity (Wildman–Crippen MR) is 78.3 cm³/mol. The van der Waals surface area contributed by atoms with E-state index < -0.39 is 0 Å². The van der Waals surface area contributed by atoms with Crippen molar-refractivity contribution in [1.82, 2.24) is 10.2 Å². The fraction of sp³-hybridized carbons (Fsp3) is 0.200. The number of aromatic amines is 1. The van der Waals surface area contributed by atoms with Crippen molar-refractivity contribution >= 4 is 17.6 Å². The van der Waals surface area contributed by atoms with E-state index in [1.807, 2.05) is 37.4 Å². The van der Waals surface area contributed by atoms with Crippen molar-refractivity contribution in [2.45, 2.75) is 6.92 Å². The van der Waals surface area contributed by atoms with Crippen LogP contribution in [0.3, 0.4) is 0 Å². The third-order valence-corrected chi connectivity index (χ3v) is 3.21. The highest BCUT2D eigenvalue weighted by Gasteiger charge is 2.23. The number of esters is 1. The Morgan fingerprint density at radius 3 is 2.70 bits per heavy atom. The highest BCUT2D eigenvalue weighted by atomic mass is 35.5. The Labute approximate surface area is 122 Å². The fourth-order valence-electron chi connectivity index (χ4n) is 1.67. The third kappa shape index (κ3) is 3.48. The summed E-state index contributed by atoms with van der Waals surface area (Å²) < 4.78 is 4.64. The first kappa shape index (κ1) is 14.3. The van der Waals surface area contributed by atoms with E-state index in [4.69, 9.17) is 11.6 Å². The second-order valence-corrected chi connectivity index (χ2v) is 4.96. The lowest BCUT2D eigenvalue weighted by atomic mass is 10.1. The summed E-state index contributed by atoms with van der Waals surface area (Å²) in [5.41, 5.74) is 2.73. The molecule has 5 heteroatoms. The zero-order chi connectivity index (χ0) is 14.5. The van der Waals surface area contributed by atoms with E-state index in [1.54, 1.807) is 6.20 Å². The number of H-pyrrole nitrogens is 1. The van der Waals surface area contributed by atoms with E-state index >= 15 is 0 Å². The lowest BCUT2D eigenvalue weighted by Gasteiger charge is -1.95. The number of cyclic esters (lactones) is 1. The highest BCUT2D eigenvalue weighted by Crippen LogP contribution is 2.20. The number of halogens is 1. The van der Waals surface area contributed by atoms with Crippen molar-refractivity contribution in [3.63, 3.8) is 0 Å². The van der Waals surface area contributed by atoms with Crippen molar-refractivity contribution in [1.29, 1.82) is 0 Å². The average molecular weight is 291 g/mol. The maximum Gasteiger partial charge on any atom is 0.333 e. The van der Waals surface area contributed by atoms with Crippen LogP contribution in [0.2, 0.25) is 5.02 Å². The predicted octanol–water partition coefficient (Wildman–Crippen LogP) is 3.47. The lowest BCUT2D eigenvalue weighted by Crippen LogP contribution is -1.95. The van der Waals surface area contributed by atoms with Gasteiger partial charge in [-0.15, -0.1) is 0 Å². The number of nitrogens with zero attached hydrogens (tertiary/aromatic N) is 1. The van der Waals surface area contributed by atoms with Crippen LogP contribution in [0, 0.1) is 5.92 Å². The number of aromatic nitrogens is 2. The average Bonchev–Trinajstić information content (AvgIpc) is 3.06. The second-order valence-electron chi connectivity index (χ2n) is 4.52. The van der Waals surface area contributed by atoms with Crippen LogP contribution >= 0.6 is 11.6 Å². The second kappa shape index (κ2) is 6.39. The summed E-state index contributed by atoms with van der Waals surface area (Å²) in [6.45, 7) is 5.98. The van der Waals surface area contributed by atoms with Gasteiger partial charge in [-0.05, 0) is 17.7 Å². The van der Waals surface area contributed by atoms with Gasteiger partial charge in [0, 0.05) is 28.3 Å². The number of carbonyl (C=O) groups excluding carboxylic acids is 1. The summed E-state index contributed by atoms with van der Waals surface area (Å²) in [6.07, 6.45) is 3.61. The monoisotopic (exact) mass is 290 g/mol. The normalized spacial score (nSPS) is 17.4. The van der Waals surface area contributed by atoms with E-state index in [0.29, 0.717) is 12.2 Å². The molecule has 1 aromatic heterocycles. The Morgan fingerprint density at radius 1 is 1.45 bits per heavy atom. The molecule has 1 aliphatic heterocycles. The maximum absolute atomic E-state index is 10.5. The topological polar surface area (TPSA) is 55.0 Å². The van der Waals surface area contributed by atoms with Crippen LogP contribution in [-0.4, -0.2) is 22.8 Å². The van der Waals surface area contributed by atoms with Crippen LogP contribution in [-0.2, 0) is 9.53 Å². The van der Waals surface area contributed by atoms with Gasteiger partial charge in [-0.25, -0.2) is 4.79 Å². The van der Waals surface area contributed by atoms with Gasteiger partial charge in [0.1, 0.15) is 0 Å². The number of hydrogen-bond acceptors (Lipinski definition) is 3. The molecule has 20 heavy (non-hydrogen) atoms. The molecular formula is C15H15ClN2O2. The summed E-state index contributed by atoms with van der Waals surface area (Å²) in [6, 6.07) is 7.68. The van der Waals surface area contributed by atoms with Crippen LogP contribution in [0.1, 0.15) is 6.92 Å². The Morgan fingerprint density at radius 2 is 2.25 bits per heavy atom. The van der Waals surface area contributed by atoms with Gasteiger partial charge in [0.2, 0.25) is 0 Å². The first-order chi connectivity index (χ1) is 9.58. The van der Waals surface area contributed by atoms with Crippen LogP contribution in [0.15, 0.2) is 48.8 Å². The summed E-state index contributed by atoms with van der Waals surface area (Å²) in [7, 11) is 0. The highest BCUT2D eigenvalue weighted by molar-refractivity contribution is 6.30. The molecule has 3 rings (SSSR count). The molecular weight excluding hydrogens is 276 g/mol. The molecule has 1 unspecified atom stereocenters. The van der Waals surface area contributed by atoms with Crippen LogP contribution in [0.25, 0.3) is 11.1 Å². The summed E-state index contributed by atoms with van der Waals surface area (Å²) >= 11 is 5.83. The zero-order valence-electron chi connectivity index (χ0n) is 11.1. The summed E-state index contributed by atoms with van der Waals surface area (Å²) in [5, 5.41) is 7.36. The summed E-state index contributed by atoms with van der Waals surface area (Å²) in [5.74, 6) is -0.0139. The standard InChI is InChI=1S/C9H7ClN2.C6H8O2/c10-9-3-1-2-7(4-9)8-5-11-12-6-8;1-4-3-8-6(7)5(4)2/h1-6H,(H,11,12);4H,2-3H2,1H3. The number of hydrogen-bond donors (Lipinski definition) is 1. The molecule has 2 aromatic rings. The van der Waals surface area contributed by atoms with Gasteiger partial charge in [-0.2, -0.15) is 5.10 Å². The van der Waals surface area contributed by atoms with Crippen molar-refractivity contribution in [3.8, 4) is 11.1 Å². The van der Waals surface area contributed by atoms with Gasteiger partial charge in [-0.3, -0.25) is 5.10 Å². The van der Waals surface area contributed by atoms with Crippen molar-refractivity contribution in [2.24, 2.45) is 5.92 Å². The van der Waals surface area contributed by atoms with Crippen molar-refractivity contribution in [3.05, 3.63) is 53.8 Å². The summed E-state index contributed by atoms with van der Waals surface area (Å²) in [4.78, 5) is 10.5. The molecule has 0 saturated carbocycles. The molecule has 1 fully saturated rings. The largest absolute Gasteiger partial charge is 0.462 e. The fourth-order valence-corrected chi connectivity index (χ4v) is 1.86. The van der Waals surface area contributed by atoms with Gasteiger partial charge in [0.05, 0.1) is 12.8 Å². The van der Waals surface area contributed by atoms with Crippen molar-refractivity contribution < 1.29 is 9.53 Å². The molecule has 2 heterocycles. The minimum Gasteiger partial charge on any atom is -0.462 e. The molecule has 1 N–H and O–H groups in total. The number of nitrogens with one attached hydrogen (secondary N) is 1. The smallest absolute Gasteiger partial charge is 0.333 e. The number of rotatable bonds is 1. The molecule has 1 aromatic carbocycles. The SMILES string of the molecule is C=C1C(=O)OCC1C.Clc1cccc(-c2cn[nH]c2)c1. The molecule has 0 bridgehead atoms. The molecule has 4 nitrogen and oxygen atoms in total. The maximum atomic E-state index is 10.5. The molecule has 1 aliphatic rings. The minimum absolute atomic E-state index is 0.225. The van der Waals surface area contributed by atoms with E-state index in [9.17, 15) is 4.79 Å². The van der Waals surface area contributed by atoms with Crippen LogP contribution in [0.5, 0.6) is 0 Å². The van der Waals surface area contributed by atoms with E-state index in [1.165, 1.54) is 0 Å². The quantitative estimate of drug-likeness (QED) is 0.646. The van der Waals surface area contributed by atoms with Gasteiger partial charge in [0.15, 0.2) is 0 Å². The first-order valence-electron chi connectivity index (χ1n) is 6.18. The Balaban J connectivity index is 0.000000160. The Bertz CT molecular complexity index is 608. The molecule has 104 valence electrons. The van der Waals surface area contributed by atoms with Crippen LogP contribution in [0.4, 0.5) is 0 Å². The van der Waals surface area contributed by atoms with E-state index in [-0.39, 0.29) is 11.9 Å². The number of carbonyl (C=O) groups is 1. The zero-order valence-corrected chi connectivity index (χ0v) is 11.9. The van der Waals surface area contributed by atoms with Gasteiger partial charge in [0.25, 0.3) is 0 Å². The minimum atomic E-state index is -0.238. The molecule has 0 spiro atoms. The van der Waals surface area contributed by atoms with E-state index in [0.717, 1.165) is 16.1 Å². The van der Waals surface area contributed by atoms with Crippen molar-refractivity contribution in [2.75, 3.05) is 6.61 Å². The Hall–Kier alpha value is -2.07. The molecule has 0 aliphatic carbocycles. The lowest BCUT2D eigenvalue weighted by molar-refractivity contribution is -0.135. The van der Waals surface area contributed by atoms with Gasteiger partial charge in [-0.1, -0.05) is 37.2 Å². The number of ether oxygens (including phenoxy) is 1. The molecule has 1 saturated heterocycles. The van der Waals surface area contributed by atoms with Gasteiger partial charge >= 0.3 is 5.97 Å². The van der Waals surface area contributed by atoms with Gasteiger partial charge < -0.3 is 4.74 Å². The Kier molecular flexibility index (Phi) is 4.58. The molecule has 1 atom stereocenters. The van der Waals surface area contributed by atoms with E-state index in [2.05, 4.69) is 21.5 Å². The third-order valence-electron chi connectivity index (χ3n) is 2.98. The van der Waals surface area contributed by atoms with Crippen LogP contribution < -0.4 is 0 Å². The number of benzene rings is 1. The molecule has 0 amide bonds. The first-order valence-corrected chi connectivity index (χ1v) is 6.56. The molecule has 0 radical (unpaired) electrons.